The summed E-state index contributed by atoms with van der Waals surface area (Å²) >= 11 is 1.90. The van der Waals surface area contributed by atoms with Gasteiger partial charge in [-0.25, -0.2) is 4.98 Å². The zero-order valence-electron chi connectivity index (χ0n) is 11.7. The highest BCUT2D eigenvalue weighted by molar-refractivity contribution is 7.11. The molecule has 106 valence electrons. The summed E-state index contributed by atoms with van der Waals surface area (Å²) in [5, 5.41) is 14.6. The van der Waals surface area contributed by atoms with Crippen LogP contribution in [0.3, 0.4) is 0 Å². The highest BCUT2D eigenvalue weighted by Crippen LogP contribution is 2.36. The van der Waals surface area contributed by atoms with Crippen LogP contribution >= 0.6 is 11.3 Å². The number of aryl methyl sites for hydroxylation is 2. The first-order chi connectivity index (χ1) is 9.31. The summed E-state index contributed by atoms with van der Waals surface area (Å²) in [5.74, 6) is 0.462. The lowest BCUT2D eigenvalue weighted by Gasteiger charge is -2.28. The molecule has 19 heavy (non-hydrogen) atoms. The van der Waals surface area contributed by atoms with E-state index in [1.165, 1.54) is 47.7 Å². The van der Waals surface area contributed by atoms with E-state index in [1.54, 1.807) is 0 Å². The first-order valence-corrected chi connectivity index (χ1v) is 8.48. The molecule has 4 heteroatoms. The molecule has 3 nitrogen and oxygen atoms in total. The van der Waals surface area contributed by atoms with E-state index in [9.17, 15) is 5.11 Å². The van der Waals surface area contributed by atoms with E-state index in [2.05, 4.69) is 12.2 Å². The molecule has 0 aliphatic heterocycles. The van der Waals surface area contributed by atoms with Gasteiger partial charge in [0.2, 0.25) is 0 Å². The number of aromatic nitrogens is 1. The summed E-state index contributed by atoms with van der Waals surface area (Å²) in [5.41, 5.74) is 1.34. The Bertz CT molecular complexity index is 432. The van der Waals surface area contributed by atoms with Crippen molar-refractivity contribution < 1.29 is 5.11 Å². The minimum Gasteiger partial charge on any atom is -0.396 e. The van der Waals surface area contributed by atoms with E-state index >= 15 is 0 Å². The van der Waals surface area contributed by atoms with Crippen LogP contribution in [0, 0.1) is 5.92 Å². The van der Waals surface area contributed by atoms with E-state index in [-0.39, 0.29) is 0 Å². The van der Waals surface area contributed by atoms with Gasteiger partial charge < -0.3 is 10.4 Å². The molecule has 0 amide bonds. The smallest absolute Gasteiger partial charge is 0.0928 e. The Morgan fingerprint density at radius 1 is 1.32 bits per heavy atom. The summed E-state index contributed by atoms with van der Waals surface area (Å²) in [4.78, 5) is 6.24. The molecule has 1 aromatic rings. The van der Waals surface area contributed by atoms with Crippen LogP contribution in [-0.4, -0.2) is 22.7 Å². The van der Waals surface area contributed by atoms with Crippen molar-refractivity contribution in [3.05, 3.63) is 15.6 Å². The van der Waals surface area contributed by atoms with Crippen LogP contribution in [0.2, 0.25) is 0 Å². The Morgan fingerprint density at radius 3 is 3.00 bits per heavy atom. The number of nitrogens with zero attached hydrogens (tertiary/aromatic N) is 1. The van der Waals surface area contributed by atoms with Crippen molar-refractivity contribution in [2.75, 3.05) is 6.61 Å². The molecule has 3 atom stereocenters. The minimum absolute atomic E-state index is 0.333. The Labute approximate surface area is 119 Å². The third-order valence-corrected chi connectivity index (χ3v) is 5.96. The number of aliphatic hydroxyl groups is 1. The molecule has 0 spiro atoms. The molecule has 2 aliphatic rings. The van der Waals surface area contributed by atoms with Crippen molar-refractivity contribution in [2.45, 2.75) is 64.0 Å². The number of aliphatic hydroxyl groups excluding tert-OH is 1. The van der Waals surface area contributed by atoms with Gasteiger partial charge in [-0.05, 0) is 44.4 Å². The van der Waals surface area contributed by atoms with Crippen molar-refractivity contribution in [1.29, 1.82) is 0 Å². The minimum atomic E-state index is 0.333. The lowest BCUT2D eigenvalue weighted by atomic mass is 9.95. The average molecular weight is 280 g/mol. The van der Waals surface area contributed by atoms with Crippen LogP contribution in [-0.2, 0) is 12.8 Å². The quantitative estimate of drug-likeness (QED) is 0.891. The molecule has 1 saturated carbocycles. The molecule has 0 bridgehead atoms. The van der Waals surface area contributed by atoms with Crippen LogP contribution in [0.15, 0.2) is 0 Å². The maximum atomic E-state index is 9.45. The van der Waals surface area contributed by atoms with Gasteiger partial charge in [0.25, 0.3) is 0 Å². The SMILES string of the molecule is CCc1nc2c(s1)[C@H](N[C@H]1CCC[C@@H]1CO)CCC2. The van der Waals surface area contributed by atoms with Crippen LogP contribution in [0.5, 0.6) is 0 Å². The van der Waals surface area contributed by atoms with Gasteiger partial charge in [0.05, 0.1) is 10.7 Å². The zero-order valence-corrected chi connectivity index (χ0v) is 12.5. The second-order valence-electron chi connectivity index (χ2n) is 5.86. The van der Waals surface area contributed by atoms with Gasteiger partial charge in [0.15, 0.2) is 0 Å². The number of nitrogens with one attached hydrogen (secondary N) is 1. The lowest BCUT2D eigenvalue weighted by Crippen LogP contribution is -2.37. The van der Waals surface area contributed by atoms with Crippen molar-refractivity contribution >= 4 is 11.3 Å². The fourth-order valence-corrected chi connectivity index (χ4v) is 4.66. The molecule has 0 saturated heterocycles. The summed E-state index contributed by atoms with van der Waals surface area (Å²) in [6.45, 7) is 2.52. The monoisotopic (exact) mass is 280 g/mol. The van der Waals surface area contributed by atoms with E-state index in [4.69, 9.17) is 4.98 Å². The molecule has 0 aromatic carbocycles. The number of thiazole rings is 1. The van der Waals surface area contributed by atoms with Gasteiger partial charge >= 0.3 is 0 Å². The molecule has 0 unspecified atom stereocenters. The van der Waals surface area contributed by atoms with E-state index in [0.717, 1.165) is 12.8 Å². The number of hydrogen-bond donors (Lipinski definition) is 2. The number of rotatable bonds is 4. The molecule has 0 radical (unpaired) electrons. The van der Waals surface area contributed by atoms with E-state index in [1.807, 2.05) is 11.3 Å². The second-order valence-corrected chi connectivity index (χ2v) is 6.98. The van der Waals surface area contributed by atoms with Crippen molar-refractivity contribution in [1.82, 2.24) is 10.3 Å². The van der Waals surface area contributed by atoms with Gasteiger partial charge in [0, 0.05) is 23.6 Å². The van der Waals surface area contributed by atoms with Crippen LogP contribution < -0.4 is 5.32 Å². The van der Waals surface area contributed by atoms with E-state index < -0.39 is 0 Å². The number of fused-ring (bicyclic) bond motifs is 1. The van der Waals surface area contributed by atoms with Crippen molar-refractivity contribution in [2.24, 2.45) is 5.92 Å². The standard InChI is InChI=1S/C15H24N2OS/c1-2-14-17-13-8-4-7-12(15(13)19-14)16-11-6-3-5-10(11)9-18/h10-12,16,18H,2-9H2,1H3/t10-,11+,12-/m1/s1. The Kier molecular flexibility index (Phi) is 4.20. The third-order valence-electron chi connectivity index (χ3n) is 4.61. The summed E-state index contributed by atoms with van der Waals surface area (Å²) in [6.07, 6.45) is 8.32. The maximum absolute atomic E-state index is 9.45. The van der Waals surface area contributed by atoms with Gasteiger partial charge in [-0.3, -0.25) is 0 Å². The molecule has 1 heterocycles. The Balaban J connectivity index is 1.74. The predicted octanol–water partition coefficient (Wildman–Crippen LogP) is 2.83. The third kappa shape index (κ3) is 2.71. The normalized spacial score (nSPS) is 30.5. The first kappa shape index (κ1) is 13.5. The largest absolute Gasteiger partial charge is 0.396 e. The molecular weight excluding hydrogens is 256 g/mol. The van der Waals surface area contributed by atoms with Crippen molar-refractivity contribution in [3.8, 4) is 0 Å². The lowest BCUT2D eigenvalue weighted by molar-refractivity contribution is 0.197. The second kappa shape index (κ2) is 5.90. The fourth-order valence-electron chi connectivity index (χ4n) is 3.51. The zero-order chi connectivity index (χ0) is 13.2. The van der Waals surface area contributed by atoms with Gasteiger partial charge in [0.1, 0.15) is 0 Å². The summed E-state index contributed by atoms with van der Waals surface area (Å²) in [6, 6.07) is 0.992. The van der Waals surface area contributed by atoms with E-state index in [0.29, 0.717) is 24.6 Å². The number of hydrogen-bond acceptors (Lipinski definition) is 4. The van der Waals surface area contributed by atoms with Crippen LogP contribution in [0.25, 0.3) is 0 Å². The van der Waals surface area contributed by atoms with Gasteiger partial charge in [-0.15, -0.1) is 11.3 Å². The Hall–Kier alpha value is -0.450. The average Bonchev–Trinajstić information content (AvgIpc) is 3.04. The fraction of sp³-hybridized carbons (Fsp3) is 0.800. The van der Waals surface area contributed by atoms with Gasteiger partial charge in [-0.1, -0.05) is 13.3 Å². The summed E-state index contributed by atoms with van der Waals surface area (Å²) in [7, 11) is 0. The first-order valence-electron chi connectivity index (χ1n) is 7.67. The molecular formula is C15H24N2OS. The van der Waals surface area contributed by atoms with Crippen LogP contribution in [0.4, 0.5) is 0 Å². The maximum Gasteiger partial charge on any atom is 0.0928 e. The predicted molar refractivity (Wildman–Crippen MR) is 78.5 cm³/mol. The van der Waals surface area contributed by atoms with Gasteiger partial charge in [-0.2, -0.15) is 0 Å². The summed E-state index contributed by atoms with van der Waals surface area (Å²) < 4.78 is 0. The molecule has 1 fully saturated rings. The Morgan fingerprint density at radius 2 is 2.21 bits per heavy atom. The van der Waals surface area contributed by atoms with Crippen molar-refractivity contribution in [3.63, 3.8) is 0 Å². The molecule has 2 aliphatic carbocycles. The highest BCUT2D eigenvalue weighted by Gasteiger charge is 2.31. The topological polar surface area (TPSA) is 45.2 Å². The highest BCUT2D eigenvalue weighted by atomic mass is 32.1. The molecule has 2 N–H and O–H groups in total. The molecule has 1 aromatic heterocycles. The molecule has 3 rings (SSSR count). The van der Waals surface area contributed by atoms with Crippen LogP contribution in [0.1, 0.15) is 60.6 Å².